The molecule has 5 nitrogen and oxygen atoms in total. The van der Waals surface area contributed by atoms with Gasteiger partial charge in [0.25, 0.3) is 0 Å². The second kappa shape index (κ2) is 5.01. The van der Waals surface area contributed by atoms with E-state index in [2.05, 4.69) is 10.3 Å². The lowest BCUT2D eigenvalue weighted by molar-refractivity contribution is 0.586. The van der Waals surface area contributed by atoms with E-state index in [0.29, 0.717) is 13.1 Å². The van der Waals surface area contributed by atoms with E-state index >= 15 is 0 Å². The van der Waals surface area contributed by atoms with Crippen molar-refractivity contribution < 1.29 is 8.42 Å². The molecular weight excluding hydrogens is 238 g/mol. The highest BCUT2D eigenvalue weighted by Crippen LogP contribution is 2.19. The molecule has 1 saturated heterocycles. The van der Waals surface area contributed by atoms with Crippen LogP contribution in [0, 0.1) is 0 Å². The van der Waals surface area contributed by atoms with Crippen LogP contribution >= 0.6 is 0 Å². The number of sulfone groups is 1. The molecule has 0 spiro atoms. The molecule has 1 aliphatic rings. The molecule has 6 heteroatoms. The first kappa shape index (κ1) is 12.3. The molecule has 0 atom stereocenters. The normalized spacial score (nSPS) is 19.2. The fourth-order valence-electron chi connectivity index (χ4n) is 1.97. The Morgan fingerprint density at radius 3 is 2.76 bits per heavy atom. The van der Waals surface area contributed by atoms with Crippen molar-refractivity contribution in [1.82, 2.24) is 10.3 Å². The van der Waals surface area contributed by atoms with Crippen LogP contribution in [0.4, 0.5) is 5.82 Å². The number of anilines is 1. The van der Waals surface area contributed by atoms with Crippen LogP contribution in [0.15, 0.2) is 18.3 Å². The molecule has 0 saturated carbocycles. The van der Waals surface area contributed by atoms with Crippen LogP contribution in [-0.4, -0.2) is 45.0 Å². The number of hydrogen-bond donors (Lipinski definition) is 1. The van der Waals surface area contributed by atoms with Crippen molar-refractivity contribution in [3.63, 3.8) is 0 Å². The summed E-state index contributed by atoms with van der Waals surface area (Å²) in [5.41, 5.74) is 1.11. The van der Waals surface area contributed by atoms with Gasteiger partial charge in [-0.05, 0) is 13.1 Å². The minimum atomic E-state index is -2.83. The zero-order valence-corrected chi connectivity index (χ0v) is 10.7. The molecule has 2 heterocycles. The molecule has 17 heavy (non-hydrogen) atoms. The van der Waals surface area contributed by atoms with Crippen molar-refractivity contribution in [3.8, 4) is 0 Å². The summed E-state index contributed by atoms with van der Waals surface area (Å²) < 4.78 is 22.8. The van der Waals surface area contributed by atoms with E-state index in [1.54, 1.807) is 6.20 Å². The summed E-state index contributed by atoms with van der Waals surface area (Å²) in [4.78, 5) is 6.41. The third-order valence-corrected chi connectivity index (χ3v) is 4.49. The van der Waals surface area contributed by atoms with E-state index in [-0.39, 0.29) is 11.5 Å². The average Bonchev–Trinajstić information content (AvgIpc) is 2.31. The minimum absolute atomic E-state index is 0.225. The largest absolute Gasteiger partial charge is 0.354 e. The van der Waals surface area contributed by atoms with E-state index in [9.17, 15) is 8.42 Å². The summed E-state index contributed by atoms with van der Waals surface area (Å²) in [6.07, 6.45) is 1.75. The Labute approximate surface area is 102 Å². The van der Waals surface area contributed by atoms with E-state index in [1.807, 2.05) is 24.1 Å². The maximum absolute atomic E-state index is 11.4. The van der Waals surface area contributed by atoms with Crippen molar-refractivity contribution in [2.75, 3.05) is 36.5 Å². The van der Waals surface area contributed by atoms with Gasteiger partial charge in [-0.15, -0.1) is 0 Å². The van der Waals surface area contributed by atoms with Gasteiger partial charge in [0.05, 0.1) is 11.5 Å². The standard InChI is InChI=1S/C11H17N3O2S/c1-12-9-10-3-2-4-13-11(10)14-5-7-17(15,16)8-6-14/h2-4,12H,5-9H2,1H3. The van der Waals surface area contributed by atoms with Crippen molar-refractivity contribution in [2.24, 2.45) is 0 Å². The van der Waals surface area contributed by atoms with Gasteiger partial charge in [-0.2, -0.15) is 0 Å². The van der Waals surface area contributed by atoms with Crippen LogP contribution < -0.4 is 10.2 Å². The summed E-state index contributed by atoms with van der Waals surface area (Å²) in [5.74, 6) is 1.35. The van der Waals surface area contributed by atoms with Gasteiger partial charge in [-0.3, -0.25) is 0 Å². The highest BCUT2D eigenvalue weighted by Gasteiger charge is 2.23. The number of nitrogens with one attached hydrogen (secondary N) is 1. The molecule has 0 amide bonds. The molecule has 1 fully saturated rings. The highest BCUT2D eigenvalue weighted by atomic mass is 32.2. The fraction of sp³-hybridized carbons (Fsp3) is 0.545. The summed E-state index contributed by atoms with van der Waals surface area (Å²) >= 11 is 0. The molecule has 0 unspecified atom stereocenters. The first-order valence-electron chi connectivity index (χ1n) is 5.66. The number of pyridine rings is 1. The van der Waals surface area contributed by atoms with Gasteiger partial charge >= 0.3 is 0 Å². The lowest BCUT2D eigenvalue weighted by Crippen LogP contribution is -2.41. The van der Waals surface area contributed by atoms with Crippen LogP contribution in [0.2, 0.25) is 0 Å². The number of rotatable bonds is 3. The quantitative estimate of drug-likeness (QED) is 0.826. The van der Waals surface area contributed by atoms with Crippen molar-refractivity contribution in [1.29, 1.82) is 0 Å². The molecular formula is C11H17N3O2S. The SMILES string of the molecule is CNCc1cccnc1N1CCS(=O)(=O)CC1. The van der Waals surface area contributed by atoms with Crippen LogP contribution in [0.1, 0.15) is 5.56 Å². The third-order valence-electron chi connectivity index (χ3n) is 2.88. The van der Waals surface area contributed by atoms with Gasteiger partial charge in [0.15, 0.2) is 9.84 Å². The minimum Gasteiger partial charge on any atom is -0.354 e. The Morgan fingerprint density at radius 2 is 2.12 bits per heavy atom. The first-order valence-corrected chi connectivity index (χ1v) is 7.48. The van der Waals surface area contributed by atoms with Crippen LogP contribution in [0.5, 0.6) is 0 Å². The molecule has 1 aliphatic heterocycles. The summed E-state index contributed by atoms with van der Waals surface area (Å²) in [6, 6.07) is 3.92. The zero-order valence-electron chi connectivity index (χ0n) is 9.89. The Balaban J connectivity index is 2.18. The lowest BCUT2D eigenvalue weighted by atomic mass is 10.2. The Kier molecular flexibility index (Phi) is 3.63. The number of nitrogens with zero attached hydrogens (tertiary/aromatic N) is 2. The number of hydrogen-bond acceptors (Lipinski definition) is 5. The van der Waals surface area contributed by atoms with Crippen LogP contribution in [0.3, 0.4) is 0 Å². The molecule has 0 aromatic carbocycles. The first-order chi connectivity index (χ1) is 8.12. The van der Waals surface area contributed by atoms with E-state index in [4.69, 9.17) is 0 Å². The maximum Gasteiger partial charge on any atom is 0.153 e. The zero-order chi connectivity index (χ0) is 12.3. The summed E-state index contributed by atoms with van der Waals surface area (Å²) in [5, 5.41) is 3.09. The third kappa shape index (κ3) is 2.95. The molecule has 0 radical (unpaired) electrons. The molecule has 94 valence electrons. The van der Waals surface area contributed by atoms with Gasteiger partial charge in [0.1, 0.15) is 5.82 Å². The fourth-order valence-corrected chi connectivity index (χ4v) is 3.17. The second-order valence-corrected chi connectivity index (χ2v) is 6.46. The summed E-state index contributed by atoms with van der Waals surface area (Å²) in [7, 11) is -0.948. The Bertz CT molecular complexity index is 473. The summed E-state index contributed by atoms with van der Waals surface area (Å²) in [6.45, 7) is 1.82. The molecule has 1 aromatic rings. The van der Waals surface area contributed by atoms with E-state index in [1.165, 1.54) is 0 Å². The van der Waals surface area contributed by atoms with Crippen molar-refractivity contribution >= 4 is 15.7 Å². The van der Waals surface area contributed by atoms with Gasteiger partial charge in [0.2, 0.25) is 0 Å². The van der Waals surface area contributed by atoms with Gasteiger partial charge in [0, 0.05) is 31.4 Å². The lowest BCUT2D eigenvalue weighted by Gasteiger charge is -2.29. The van der Waals surface area contributed by atoms with Crippen molar-refractivity contribution in [2.45, 2.75) is 6.54 Å². The predicted octanol–water partition coefficient (Wildman–Crippen LogP) is 0.0358. The molecule has 0 bridgehead atoms. The van der Waals surface area contributed by atoms with Gasteiger partial charge in [-0.25, -0.2) is 13.4 Å². The van der Waals surface area contributed by atoms with E-state index < -0.39 is 9.84 Å². The Morgan fingerprint density at radius 1 is 1.41 bits per heavy atom. The van der Waals surface area contributed by atoms with Gasteiger partial charge in [-0.1, -0.05) is 6.07 Å². The second-order valence-electron chi connectivity index (χ2n) is 4.16. The maximum atomic E-state index is 11.4. The van der Waals surface area contributed by atoms with Crippen LogP contribution in [-0.2, 0) is 16.4 Å². The molecule has 1 N–H and O–H groups in total. The van der Waals surface area contributed by atoms with Crippen molar-refractivity contribution in [3.05, 3.63) is 23.9 Å². The topological polar surface area (TPSA) is 62.3 Å². The Hall–Kier alpha value is -1.14. The monoisotopic (exact) mass is 255 g/mol. The molecule has 2 rings (SSSR count). The average molecular weight is 255 g/mol. The predicted molar refractivity (Wildman–Crippen MR) is 67.9 cm³/mol. The van der Waals surface area contributed by atoms with E-state index in [0.717, 1.165) is 17.9 Å². The van der Waals surface area contributed by atoms with Crippen LogP contribution in [0.25, 0.3) is 0 Å². The highest BCUT2D eigenvalue weighted by molar-refractivity contribution is 7.91. The van der Waals surface area contributed by atoms with Gasteiger partial charge < -0.3 is 10.2 Å². The number of aromatic nitrogens is 1. The molecule has 0 aliphatic carbocycles. The smallest absolute Gasteiger partial charge is 0.153 e. The molecule has 1 aromatic heterocycles.